The molecule has 0 aliphatic carbocycles. The fraction of sp³-hybridized carbons (Fsp3) is 0.0833. The summed E-state index contributed by atoms with van der Waals surface area (Å²) < 4.78 is 53.0. The van der Waals surface area contributed by atoms with Crippen molar-refractivity contribution in [3.63, 3.8) is 0 Å². The minimum atomic E-state index is -4.80. The monoisotopic (exact) mass is 313 g/mol. The Bertz CT molecular complexity index is 799. The smallest absolute Gasteiger partial charge is 0.404 e. The quantitative estimate of drug-likeness (QED) is 0.727. The Balaban J connectivity index is 1.87. The average molecular weight is 313 g/mol. The van der Waals surface area contributed by atoms with E-state index in [9.17, 15) is 17.6 Å². The van der Waals surface area contributed by atoms with E-state index in [1.54, 1.807) is 0 Å². The third kappa shape index (κ3) is 3.05. The van der Waals surface area contributed by atoms with Crippen LogP contribution in [-0.4, -0.2) is 26.5 Å². The van der Waals surface area contributed by atoms with Crippen LogP contribution < -0.4 is 10.1 Å². The van der Waals surface area contributed by atoms with Crippen molar-refractivity contribution < 1.29 is 22.3 Å². The molecule has 10 heteroatoms. The van der Waals surface area contributed by atoms with Crippen LogP contribution in [0.5, 0.6) is 5.75 Å². The molecule has 3 rings (SSSR count). The van der Waals surface area contributed by atoms with Gasteiger partial charge >= 0.3 is 6.36 Å². The van der Waals surface area contributed by atoms with Crippen LogP contribution in [0.3, 0.4) is 0 Å². The van der Waals surface area contributed by atoms with Crippen molar-refractivity contribution >= 4 is 22.7 Å². The molecule has 0 amide bonds. The molecule has 3 aromatic rings. The van der Waals surface area contributed by atoms with Gasteiger partial charge in [-0.2, -0.15) is 5.10 Å². The lowest BCUT2D eigenvalue weighted by Gasteiger charge is -2.07. The zero-order chi connectivity index (χ0) is 15.7. The van der Waals surface area contributed by atoms with Crippen molar-refractivity contribution in [3.05, 3.63) is 36.4 Å². The van der Waals surface area contributed by atoms with Crippen molar-refractivity contribution in [2.24, 2.45) is 0 Å². The van der Waals surface area contributed by atoms with Gasteiger partial charge in [0.25, 0.3) is 0 Å². The van der Waals surface area contributed by atoms with Crippen LogP contribution in [-0.2, 0) is 0 Å². The first-order chi connectivity index (χ1) is 10.4. The lowest BCUT2D eigenvalue weighted by molar-refractivity contribution is -0.274. The number of alkyl halides is 3. The molecule has 0 aliphatic rings. The standard InChI is InChI=1S/C12H7F4N5O/c13-6-1-2-9(17-4-6)19-11-10-8(20-21-11)3-7(5-18-10)22-12(14,15)16/h1-5H,(H2,17,19,20,21). The second kappa shape index (κ2) is 5.13. The number of halogens is 4. The van der Waals surface area contributed by atoms with Gasteiger partial charge in [0.15, 0.2) is 5.82 Å². The molecular weight excluding hydrogens is 306 g/mol. The molecule has 0 atom stereocenters. The minimum absolute atomic E-state index is 0.242. The molecule has 0 bridgehead atoms. The zero-order valence-electron chi connectivity index (χ0n) is 10.6. The number of rotatable bonds is 3. The third-order valence-corrected chi connectivity index (χ3v) is 2.58. The Labute approximate surface area is 120 Å². The highest BCUT2D eigenvalue weighted by Gasteiger charge is 2.31. The van der Waals surface area contributed by atoms with Crippen LogP contribution in [0.1, 0.15) is 0 Å². The van der Waals surface area contributed by atoms with E-state index in [1.165, 1.54) is 12.1 Å². The first-order valence-corrected chi connectivity index (χ1v) is 5.89. The first-order valence-electron chi connectivity index (χ1n) is 5.89. The molecule has 0 saturated heterocycles. The van der Waals surface area contributed by atoms with Gasteiger partial charge < -0.3 is 10.1 Å². The number of aromatic nitrogens is 4. The maximum absolute atomic E-state index is 12.8. The summed E-state index contributed by atoms with van der Waals surface area (Å²) in [5.74, 6) is -0.403. The number of anilines is 2. The summed E-state index contributed by atoms with van der Waals surface area (Å²) in [5, 5.41) is 9.18. The lowest BCUT2D eigenvalue weighted by atomic mass is 10.3. The largest absolute Gasteiger partial charge is 0.573 e. The maximum Gasteiger partial charge on any atom is 0.573 e. The summed E-state index contributed by atoms with van der Waals surface area (Å²) in [6.45, 7) is 0. The van der Waals surface area contributed by atoms with Crippen LogP contribution in [0.4, 0.5) is 29.2 Å². The molecule has 0 aliphatic heterocycles. The summed E-state index contributed by atoms with van der Waals surface area (Å²) >= 11 is 0. The van der Waals surface area contributed by atoms with Crippen LogP contribution in [0.25, 0.3) is 11.0 Å². The second-order valence-corrected chi connectivity index (χ2v) is 4.17. The predicted molar refractivity (Wildman–Crippen MR) is 68.0 cm³/mol. The molecule has 0 spiro atoms. The molecule has 22 heavy (non-hydrogen) atoms. The van der Waals surface area contributed by atoms with E-state index in [1.807, 2.05) is 0 Å². The van der Waals surface area contributed by atoms with Crippen molar-refractivity contribution in [3.8, 4) is 5.75 Å². The molecule has 0 unspecified atom stereocenters. The Kier molecular flexibility index (Phi) is 3.28. The Morgan fingerprint density at radius 3 is 2.64 bits per heavy atom. The van der Waals surface area contributed by atoms with E-state index in [4.69, 9.17) is 0 Å². The molecule has 0 fully saturated rings. The van der Waals surface area contributed by atoms with E-state index < -0.39 is 17.9 Å². The molecule has 2 N–H and O–H groups in total. The molecular formula is C12H7F4N5O. The Hall–Kier alpha value is -2.91. The molecule has 0 saturated carbocycles. The molecule has 0 aromatic carbocycles. The Morgan fingerprint density at radius 1 is 1.14 bits per heavy atom. The van der Waals surface area contributed by atoms with Gasteiger partial charge in [0.05, 0.1) is 17.9 Å². The highest BCUT2D eigenvalue weighted by Crippen LogP contribution is 2.27. The predicted octanol–water partition coefficient (Wildman–Crippen LogP) is 3.13. The van der Waals surface area contributed by atoms with Crippen LogP contribution in [0.15, 0.2) is 30.6 Å². The van der Waals surface area contributed by atoms with Crippen LogP contribution in [0.2, 0.25) is 0 Å². The van der Waals surface area contributed by atoms with Crippen LogP contribution in [0, 0.1) is 5.82 Å². The number of aromatic amines is 1. The highest BCUT2D eigenvalue weighted by atomic mass is 19.4. The van der Waals surface area contributed by atoms with Gasteiger partial charge in [0.2, 0.25) is 0 Å². The van der Waals surface area contributed by atoms with E-state index in [0.717, 1.165) is 18.5 Å². The molecule has 6 nitrogen and oxygen atoms in total. The number of fused-ring (bicyclic) bond motifs is 1. The summed E-state index contributed by atoms with van der Waals surface area (Å²) in [7, 11) is 0. The second-order valence-electron chi connectivity index (χ2n) is 4.17. The SMILES string of the molecule is Fc1ccc(Nc2n[nH]c3cc(OC(F)(F)F)cnc23)nc1. The van der Waals surface area contributed by atoms with Crippen molar-refractivity contribution in [2.75, 3.05) is 5.32 Å². The van der Waals surface area contributed by atoms with Crippen molar-refractivity contribution in [2.45, 2.75) is 6.36 Å². The van der Waals surface area contributed by atoms with Gasteiger partial charge in [-0.3, -0.25) is 5.10 Å². The van der Waals surface area contributed by atoms with Gasteiger partial charge in [0, 0.05) is 6.07 Å². The summed E-state index contributed by atoms with van der Waals surface area (Å²) in [6, 6.07) is 3.70. The number of pyridine rings is 2. The third-order valence-electron chi connectivity index (χ3n) is 2.58. The van der Waals surface area contributed by atoms with Crippen molar-refractivity contribution in [1.29, 1.82) is 0 Å². The van der Waals surface area contributed by atoms with Gasteiger partial charge in [-0.1, -0.05) is 0 Å². The summed E-state index contributed by atoms with van der Waals surface area (Å²) in [4.78, 5) is 7.64. The number of nitrogens with zero attached hydrogens (tertiary/aromatic N) is 3. The number of hydrogen-bond acceptors (Lipinski definition) is 5. The van der Waals surface area contributed by atoms with Gasteiger partial charge in [-0.15, -0.1) is 13.2 Å². The summed E-state index contributed by atoms with van der Waals surface area (Å²) in [5.41, 5.74) is 0.534. The molecule has 3 aromatic heterocycles. The maximum atomic E-state index is 12.8. The lowest BCUT2D eigenvalue weighted by Crippen LogP contribution is -2.17. The number of ether oxygens (including phenoxy) is 1. The Morgan fingerprint density at radius 2 is 1.95 bits per heavy atom. The number of nitrogens with one attached hydrogen (secondary N) is 2. The van der Waals surface area contributed by atoms with E-state index in [0.29, 0.717) is 11.3 Å². The van der Waals surface area contributed by atoms with Gasteiger partial charge in [0.1, 0.15) is 22.9 Å². The topological polar surface area (TPSA) is 75.7 Å². The average Bonchev–Trinajstić information content (AvgIpc) is 2.82. The number of hydrogen-bond donors (Lipinski definition) is 2. The summed E-state index contributed by atoms with van der Waals surface area (Å²) in [6.07, 6.45) is -2.86. The normalized spacial score (nSPS) is 11.6. The van der Waals surface area contributed by atoms with Gasteiger partial charge in [-0.05, 0) is 12.1 Å². The molecule has 114 valence electrons. The van der Waals surface area contributed by atoms with E-state index in [-0.39, 0.29) is 11.3 Å². The zero-order valence-corrected chi connectivity index (χ0v) is 10.6. The minimum Gasteiger partial charge on any atom is -0.404 e. The highest BCUT2D eigenvalue weighted by molar-refractivity contribution is 5.87. The first kappa shape index (κ1) is 14.0. The number of H-pyrrole nitrogens is 1. The molecule has 0 radical (unpaired) electrons. The molecule has 3 heterocycles. The van der Waals surface area contributed by atoms with Gasteiger partial charge in [-0.25, -0.2) is 14.4 Å². The van der Waals surface area contributed by atoms with Crippen LogP contribution >= 0.6 is 0 Å². The van der Waals surface area contributed by atoms with E-state index >= 15 is 0 Å². The van der Waals surface area contributed by atoms with Crippen molar-refractivity contribution in [1.82, 2.24) is 20.2 Å². The van der Waals surface area contributed by atoms with E-state index in [2.05, 4.69) is 30.2 Å². The fourth-order valence-corrected chi connectivity index (χ4v) is 1.74. The fourth-order valence-electron chi connectivity index (χ4n) is 1.74.